The van der Waals surface area contributed by atoms with Gasteiger partial charge in [0.05, 0.1) is 24.3 Å². The van der Waals surface area contributed by atoms with Crippen molar-refractivity contribution >= 4 is 40.0 Å². The summed E-state index contributed by atoms with van der Waals surface area (Å²) in [5.74, 6) is 0.812. The first-order valence-electron chi connectivity index (χ1n) is 11.8. The van der Waals surface area contributed by atoms with Gasteiger partial charge in [-0.25, -0.2) is 0 Å². The summed E-state index contributed by atoms with van der Waals surface area (Å²) in [5.41, 5.74) is 6.09. The van der Waals surface area contributed by atoms with Gasteiger partial charge in [0.1, 0.15) is 11.8 Å². The van der Waals surface area contributed by atoms with Gasteiger partial charge in [-0.15, -0.1) is 0 Å². The summed E-state index contributed by atoms with van der Waals surface area (Å²) in [7, 11) is 1.66. The number of ether oxygens (including phenoxy) is 1. The summed E-state index contributed by atoms with van der Waals surface area (Å²) < 4.78 is 5.33. The van der Waals surface area contributed by atoms with Gasteiger partial charge in [-0.1, -0.05) is 66.7 Å². The molecule has 4 nitrogen and oxygen atoms in total. The van der Waals surface area contributed by atoms with Crippen molar-refractivity contribution in [3.63, 3.8) is 0 Å². The Bertz CT molecular complexity index is 1660. The highest BCUT2D eigenvalue weighted by atomic mass is 16.5. The summed E-state index contributed by atoms with van der Waals surface area (Å²) in [6.45, 7) is 0. The van der Waals surface area contributed by atoms with Crippen LogP contribution >= 0.6 is 0 Å². The number of benzene rings is 5. The predicted molar refractivity (Wildman–Crippen MR) is 150 cm³/mol. The van der Waals surface area contributed by atoms with Gasteiger partial charge in [-0.3, -0.25) is 0 Å². The molecule has 0 aliphatic rings. The molecule has 0 atom stereocenters. The molecule has 5 rings (SSSR count). The molecule has 0 amide bonds. The Kier molecular flexibility index (Phi) is 6.66. The molecule has 5 aromatic rings. The van der Waals surface area contributed by atoms with Crippen molar-refractivity contribution in [2.75, 3.05) is 12.0 Å². The summed E-state index contributed by atoms with van der Waals surface area (Å²) in [4.78, 5) is 2.19. The Morgan fingerprint density at radius 3 is 1.95 bits per heavy atom. The summed E-state index contributed by atoms with van der Waals surface area (Å²) >= 11 is 0. The maximum Gasteiger partial charge on any atom is 0.119 e. The number of methoxy groups -OCH3 is 1. The number of fused-ring (bicyclic) bond motifs is 1. The van der Waals surface area contributed by atoms with Gasteiger partial charge < -0.3 is 9.64 Å². The second-order valence-electron chi connectivity index (χ2n) is 8.45. The smallest absolute Gasteiger partial charge is 0.119 e. The average Bonchev–Trinajstić information content (AvgIpc) is 2.97. The molecule has 0 bridgehead atoms. The fraction of sp³-hybridized carbons (Fsp3) is 0.0303. The number of hydrogen-bond acceptors (Lipinski definition) is 4. The number of nitrogens with zero attached hydrogens (tertiary/aromatic N) is 3. The van der Waals surface area contributed by atoms with Crippen LogP contribution in [-0.4, -0.2) is 7.11 Å². The first kappa shape index (κ1) is 23.4. The van der Waals surface area contributed by atoms with Crippen LogP contribution in [0, 0.1) is 22.7 Å². The van der Waals surface area contributed by atoms with E-state index >= 15 is 0 Å². The standard InChI is InChI=1S/C33H23N3O/c1-37-30-19-17-29(18-20-30)36(27-7-3-2-4-8-27)28-15-11-24(12-16-28)10-13-25-14-21-31-26(22-34)6-5-9-32(31)33(25)23-35/h2-21H,1H3/b13-10+. The van der Waals surface area contributed by atoms with Gasteiger partial charge in [-0.2, -0.15) is 10.5 Å². The lowest BCUT2D eigenvalue weighted by Gasteiger charge is -2.25. The predicted octanol–water partition coefficient (Wildman–Crippen LogP) is 8.23. The number of nitriles is 2. The van der Waals surface area contributed by atoms with Crippen molar-refractivity contribution < 1.29 is 4.74 Å². The van der Waals surface area contributed by atoms with Crippen LogP contribution < -0.4 is 9.64 Å². The fourth-order valence-electron chi connectivity index (χ4n) is 4.41. The molecule has 0 saturated carbocycles. The highest BCUT2D eigenvalue weighted by molar-refractivity contribution is 5.95. The van der Waals surface area contributed by atoms with Crippen LogP contribution in [0.25, 0.3) is 22.9 Å². The van der Waals surface area contributed by atoms with E-state index in [9.17, 15) is 10.5 Å². The van der Waals surface area contributed by atoms with E-state index in [1.54, 1.807) is 13.2 Å². The zero-order chi connectivity index (χ0) is 25.6. The largest absolute Gasteiger partial charge is 0.497 e. The molecule has 0 fully saturated rings. The van der Waals surface area contributed by atoms with Crippen LogP contribution in [0.15, 0.2) is 109 Å². The average molecular weight is 478 g/mol. The van der Waals surface area contributed by atoms with Crippen LogP contribution in [0.5, 0.6) is 5.75 Å². The van der Waals surface area contributed by atoms with Gasteiger partial charge in [0.25, 0.3) is 0 Å². The van der Waals surface area contributed by atoms with E-state index in [0.717, 1.165) is 44.7 Å². The molecule has 0 aliphatic heterocycles. The lowest BCUT2D eigenvalue weighted by molar-refractivity contribution is 0.415. The minimum atomic E-state index is 0.567. The van der Waals surface area contributed by atoms with Crippen molar-refractivity contribution in [3.05, 3.63) is 131 Å². The second kappa shape index (κ2) is 10.5. The lowest BCUT2D eigenvalue weighted by Crippen LogP contribution is -2.09. The molecule has 5 aromatic carbocycles. The topological polar surface area (TPSA) is 60.0 Å². The molecule has 4 heteroatoms. The Hall–Kier alpha value is -5.32. The monoisotopic (exact) mass is 477 g/mol. The van der Waals surface area contributed by atoms with Gasteiger partial charge >= 0.3 is 0 Å². The first-order chi connectivity index (χ1) is 18.2. The maximum absolute atomic E-state index is 9.84. The lowest BCUT2D eigenvalue weighted by atomic mass is 9.96. The molecule has 0 aliphatic carbocycles. The van der Waals surface area contributed by atoms with Crippen molar-refractivity contribution in [2.24, 2.45) is 0 Å². The molecule has 0 spiro atoms. The van der Waals surface area contributed by atoms with E-state index in [1.807, 2.05) is 78.9 Å². The Labute approximate surface area is 216 Å². The van der Waals surface area contributed by atoms with Crippen LogP contribution in [0.2, 0.25) is 0 Å². The highest BCUT2D eigenvalue weighted by Crippen LogP contribution is 2.35. The minimum Gasteiger partial charge on any atom is -0.497 e. The van der Waals surface area contributed by atoms with Gasteiger partial charge in [-0.05, 0) is 65.7 Å². The van der Waals surface area contributed by atoms with Gasteiger partial charge in [0.2, 0.25) is 0 Å². The summed E-state index contributed by atoms with van der Waals surface area (Å²) in [6.07, 6.45) is 3.95. The third-order valence-corrected chi connectivity index (χ3v) is 6.28. The van der Waals surface area contributed by atoms with E-state index < -0.39 is 0 Å². The normalized spacial score (nSPS) is 10.7. The summed E-state index contributed by atoms with van der Waals surface area (Å²) in [6, 6.07) is 40.3. The number of anilines is 3. The zero-order valence-electron chi connectivity index (χ0n) is 20.3. The van der Waals surface area contributed by atoms with Crippen molar-refractivity contribution in [1.29, 1.82) is 10.5 Å². The van der Waals surface area contributed by atoms with E-state index in [2.05, 4.69) is 53.4 Å². The van der Waals surface area contributed by atoms with Crippen LogP contribution in [0.3, 0.4) is 0 Å². The Morgan fingerprint density at radius 1 is 0.622 bits per heavy atom. The molecular weight excluding hydrogens is 454 g/mol. The van der Waals surface area contributed by atoms with Crippen LogP contribution in [0.1, 0.15) is 22.3 Å². The number of rotatable bonds is 6. The molecular formula is C33H23N3O. The molecule has 176 valence electrons. The van der Waals surface area contributed by atoms with E-state index in [0.29, 0.717) is 11.1 Å². The molecule has 37 heavy (non-hydrogen) atoms. The van der Waals surface area contributed by atoms with Crippen LogP contribution in [-0.2, 0) is 0 Å². The Balaban J connectivity index is 1.47. The first-order valence-corrected chi connectivity index (χ1v) is 11.8. The van der Waals surface area contributed by atoms with Crippen molar-refractivity contribution in [1.82, 2.24) is 0 Å². The molecule has 0 N–H and O–H groups in total. The number of para-hydroxylation sites is 1. The van der Waals surface area contributed by atoms with E-state index in [4.69, 9.17) is 4.74 Å². The van der Waals surface area contributed by atoms with E-state index in [1.165, 1.54) is 0 Å². The molecule has 0 aromatic heterocycles. The van der Waals surface area contributed by atoms with Crippen LogP contribution in [0.4, 0.5) is 17.1 Å². The van der Waals surface area contributed by atoms with Gasteiger partial charge in [0, 0.05) is 27.8 Å². The molecule has 0 radical (unpaired) electrons. The second-order valence-corrected chi connectivity index (χ2v) is 8.45. The quantitative estimate of drug-likeness (QED) is 0.231. The maximum atomic E-state index is 9.84. The van der Waals surface area contributed by atoms with Gasteiger partial charge in [0.15, 0.2) is 0 Å². The summed E-state index contributed by atoms with van der Waals surface area (Å²) in [5, 5.41) is 20.8. The third-order valence-electron chi connectivity index (χ3n) is 6.28. The van der Waals surface area contributed by atoms with Crippen molar-refractivity contribution in [3.8, 4) is 17.9 Å². The zero-order valence-corrected chi connectivity index (χ0v) is 20.3. The molecule has 0 unspecified atom stereocenters. The van der Waals surface area contributed by atoms with E-state index in [-0.39, 0.29) is 0 Å². The third kappa shape index (κ3) is 4.78. The fourth-order valence-corrected chi connectivity index (χ4v) is 4.41. The molecule has 0 heterocycles. The molecule has 0 saturated heterocycles. The number of hydrogen-bond donors (Lipinski definition) is 0. The highest BCUT2D eigenvalue weighted by Gasteiger charge is 2.12. The van der Waals surface area contributed by atoms with Crippen molar-refractivity contribution in [2.45, 2.75) is 0 Å². The Morgan fingerprint density at radius 2 is 1.30 bits per heavy atom. The SMILES string of the molecule is COc1ccc(N(c2ccccc2)c2ccc(/C=C/c3ccc4c(C#N)cccc4c3C#N)cc2)cc1. The minimum absolute atomic E-state index is 0.567.